The summed E-state index contributed by atoms with van der Waals surface area (Å²) < 4.78 is 5.25. The van der Waals surface area contributed by atoms with Crippen LogP contribution in [0.4, 0.5) is 0 Å². The van der Waals surface area contributed by atoms with Gasteiger partial charge in [0.2, 0.25) is 11.8 Å². The zero-order valence-electron chi connectivity index (χ0n) is 12.4. The predicted octanol–water partition coefficient (Wildman–Crippen LogP) is 1.65. The Morgan fingerprint density at radius 1 is 1.43 bits per heavy atom. The van der Waals surface area contributed by atoms with Gasteiger partial charge in [0.25, 0.3) is 0 Å². The Labute approximate surface area is 131 Å². The topological polar surface area (TPSA) is 71.3 Å². The zero-order chi connectivity index (χ0) is 13.9. The van der Waals surface area contributed by atoms with Gasteiger partial charge in [-0.2, -0.15) is 4.98 Å². The summed E-state index contributed by atoms with van der Waals surface area (Å²) in [6.07, 6.45) is 4.95. The molecule has 118 valence electrons. The molecular weight excluding hydrogens is 292 g/mol. The Morgan fingerprint density at radius 3 is 2.95 bits per heavy atom. The van der Waals surface area contributed by atoms with Gasteiger partial charge in [0.1, 0.15) is 0 Å². The van der Waals surface area contributed by atoms with Crippen LogP contribution in [-0.4, -0.2) is 46.6 Å². The number of hydrogen-bond donors (Lipinski definition) is 1. The van der Waals surface area contributed by atoms with Gasteiger partial charge in [-0.3, -0.25) is 4.79 Å². The molecule has 0 aromatic carbocycles. The van der Waals surface area contributed by atoms with Crippen LogP contribution >= 0.6 is 12.4 Å². The monoisotopic (exact) mass is 314 g/mol. The number of amides is 1. The summed E-state index contributed by atoms with van der Waals surface area (Å²) in [6.45, 7) is 4.44. The van der Waals surface area contributed by atoms with Crippen LogP contribution in [0.15, 0.2) is 4.52 Å². The van der Waals surface area contributed by atoms with Crippen molar-refractivity contribution in [3.63, 3.8) is 0 Å². The standard InChI is InChI=1S/C14H22N4O2.ClH/c1-10-16-14(20-17-10)11-4-3-7-18(9-11)13(19)8-12-5-2-6-15-12;/h11-12,15H,2-9H2,1H3;1H. The Balaban J connectivity index is 0.00000161. The van der Waals surface area contributed by atoms with E-state index in [1.165, 1.54) is 6.42 Å². The number of nitrogens with zero attached hydrogens (tertiary/aromatic N) is 3. The van der Waals surface area contributed by atoms with Crippen molar-refractivity contribution in [2.75, 3.05) is 19.6 Å². The molecule has 3 heterocycles. The van der Waals surface area contributed by atoms with Crippen molar-refractivity contribution in [2.24, 2.45) is 0 Å². The van der Waals surface area contributed by atoms with Crippen LogP contribution in [-0.2, 0) is 4.79 Å². The molecule has 2 atom stereocenters. The van der Waals surface area contributed by atoms with Crippen molar-refractivity contribution >= 4 is 18.3 Å². The predicted molar refractivity (Wildman–Crippen MR) is 80.5 cm³/mol. The maximum absolute atomic E-state index is 12.4. The van der Waals surface area contributed by atoms with Crippen LogP contribution in [0.3, 0.4) is 0 Å². The van der Waals surface area contributed by atoms with Gasteiger partial charge in [-0.25, -0.2) is 0 Å². The SMILES string of the molecule is Cc1noc(C2CCCN(C(=O)CC3CCCN3)C2)n1.Cl. The van der Waals surface area contributed by atoms with Crippen LogP contribution in [0.25, 0.3) is 0 Å². The summed E-state index contributed by atoms with van der Waals surface area (Å²) in [7, 11) is 0. The average molecular weight is 315 g/mol. The van der Waals surface area contributed by atoms with Gasteiger partial charge in [0.05, 0.1) is 5.92 Å². The molecule has 1 N–H and O–H groups in total. The fourth-order valence-electron chi connectivity index (χ4n) is 3.16. The van der Waals surface area contributed by atoms with Gasteiger partial charge in [-0.1, -0.05) is 5.16 Å². The third-order valence-corrected chi connectivity index (χ3v) is 4.25. The van der Waals surface area contributed by atoms with Crippen LogP contribution < -0.4 is 5.32 Å². The lowest BCUT2D eigenvalue weighted by Gasteiger charge is -2.31. The molecule has 6 nitrogen and oxygen atoms in total. The van der Waals surface area contributed by atoms with E-state index in [0.29, 0.717) is 30.7 Å². The normalized spacial score (nSPS) is 25.7. The molecule has 2 fully saturated rings. The minimum absolute atomic E-state index is 0. The van der Waals surface area contributed by atoms with Crippen molar-refractivity contribution in [3.05, 3.63) is 11.7 Å². The van der Waals surface area contributed by atoms with Crippen molar-refractivity contribution < 1.29 is 9.32 Å². The van der Waals surface area contributed by atoms with E-state index in [4.69, 9.17) is 4.52 Å². The first kappa shape index (κ1) is 16.2. The minimum atomic E-state index is 0. The molecule has 7 heteroatoms. The van der Waals surface area contributed by atoms with Crippen molar-refractivity contribution in [1.29, 1.82) is 0 Å². The quantitative estimate of drug-likeness (QED) is 0.918. The van der Waals surface area contributed by atoms with Gasteiger partial charge in [-0.15, -0.1) is 12.4 Å². The molecule has 0 saturated carbocycles. The number of aromatic nitrogens is 2. The van der Waals surface area contributed by atoms with Crippen molar-refractivity contribution in [3.8, 4) is 0 Å². The summed E-state index contributed by atoms with van der Waals surface area (Å²) >= 11 is 0. The second kappa shape index (κ2) is 7.22. The summed E-state index contributed by atoms with van der Waals surface area (Å²) in [5, 5.41) is 7.23. The van der Waals surface area contributed by atoms with E-state index in [-0.39, 0.29) is 24.2 Å². The molecule has 2 saturated heterocycles. The lowest BCUT2D eigenvalue weighted by molar-refractivity contribution is -0.133. The van der Waals surface area contributed by atoms with Gasteiger partial charge >= 0.3 is 0 Å². The molecule has 1 aromatic rings. The molecule has 0 aliphatic carbocycles. The molecule has 2 aliphatic rings. The van der Waals surface area contributed by atoms with Crippen LogP contribution in [0.5, 0.6) is 0 Å². The number of likely N-dealkylation sites (tertiary alicyclic amines) is 1. The highest BCUT2D eigenvalue weighted by Crippen LogP contribution is 2.26. The summed E-state index contributed by atoms with van der Waals surface area (Å²) in [5.41, 5.74) is 0. The van der Waals surface area contributed by atoms with Crippen molar-refractivity contribution in [1.82, 2.24) is 20.4 Å². The van der Waals surface area contributed by atoms with Gasteiger partial charge in [-0.05, 0) is 39.2 Å². The van der Waals surface area contributed by atoms with E-state index in [2.05, 4.69) is 15.5 Å². The van der Waals surface area contributed by atoms with E-state index >= 15 is 0 Å². The zero-order valence-corrected chi connectivity index (χ0v) is 13.2. The molecule has 3 rings (SSSR count). The van der Waals surface area contributed by atoms with Gasteiger partial charge in [0, 0.05) is 25.6 Å². The molecule has 21 heavy (non-hydrogen) atoms. The number of rotatable bonds is 3. The second-order valence-electron chi connectivity index (χ2n) is 5.86. The Bertz CT molecular complexity index is 473. The molecular formula is C14H23ClN4O2. The number of carbonyl (C=O) groups is 1. The Hall–Kier alpha value is -1.14. The highest BCUT2D eigenvalue weighted by Gasteiger charge is 2.29. The number of halogens is 1. The largest absolute Gasteiger partial charge is 0.342 e. The molecule has 1 aromatic heterocycles. The highest BCUT2D eigenvalue weighted by molar-refractivity contribution is 5.85. The van der Waals surface area contributed by atoms with Crippen LogP contribution in [0, 0.1) is 6.92 Å². The lowest BCUT2D eigenvalue weighted by Crippen LogP contribution is -2.41. The van der Waals surface area contributed by atoms with Crippen LogP contribution in [0.1, 0.15) is 49.7 Å². The minimum Gasteiger partial charge on any atom is -0.342 e. The summed E-state index contributed by atoms with van der Waals surface area (Å²) in [6, 6.07) is 0.369. The fourth-order valence-corrected chi connectivity index (χ4v) is 3.16. The fraction of sp³-hybridized carbons (Fsp3) is 0.786. The maximum Gasteiger partial charge on any atom is 0.231 e. The van der Waals surface area contributed by atoms with Gasteiger partial charge < -0.3 is 14.7 Å². The Kier molecular flexibility index (Phi) is 5.58. The Morgan fingerprint density at radius 2 is 2.29 bits per heavy atom. The number of nitrogens with one attached hydrogen (secondary N) is 1. The summed E-state index contributed by atoms with van der Waals surface area (Å²) in [4.78, 5) is 18.6. The number of piperidine rings is 1. The van der Waals surface area contributed by atoms with E-state index in [0.717, 1.165) is 32.4 Å². The van der Waals surface area contributed by atoms with E-state index < -0.39 is 0 Å². The second-order valence-corrected chi connectivity index (χ2v) is 5.86. The molecule has 0 bridgehead atoms. The first-order valence-electron chi connectivity index (χ1n) is 7.54. The highest BCUT2D eigenvalue weighted by atomic mass is 35.5. The average Bonchev–Trinajstić information content (AvgIpc) is 3.10. The molecule has 1 amide bonds. The first-order chi connectivity index (χ1) is 9.72. The maximum atomic E-state index is 12.4. The van der Waals surface area contributed by atoms with E-state index in [1.807, 2.05) is 11.8 Å². The number of hydrogen-bond acceptors (Lipinski definition) is 5. The molecule has 2 aliphatic heterocycles. The molecule has 2 unspecified atom stereocenters. The number of carbonyl (C=O) groups excluding carboxylic acids is 1. The van der Waals surface area contributed by atoms with Gasteiger partial charge in [0.15, 0.2) is 5.82 Å². The summed E-state index contributed by atoms with van der Waals surface area (Å²) in [5.74, 6) is 1.80. The third kappa shape index (κ3) is 3.95. The molecule has 0 spiro atoms. The lowest BCUT2D eigenvalue weighted by atomic mass is 9.97. The molecule has 0 radical (unpaired) electrons. The van der Waals surface area contributed by atoms with Crippen LogP contribution in [0.2, 0.25) is 0 Å². The van der Waals surface area contributed by atoms with E-state index in [1.54, 1.807) is 0 Å². The van der Waals surface area contributed by atoms with Crippen molar-refractivity contribution in [2.45, 2.75) is 51.0 Å². The third-order valence-electron chi connectivity index (χ3n) is 4.25. The smallest absolute Gasteiger partial charge is 0.231 e. The van der Waals surface area contributed by atoms with E-state index in [9.17, 15) is 4.79 Å². The first-order valence-corrected chi connectivity index (χ1v) is 7.54. The number of aryl methyl sites for hydroxylation is 1.